The molecule has 0 aliphatic heterocycles. The quantitative estimate of drug-likeness (QED) is 0.791. The number of likely N-dealkylation sites (N-methyl/N-ethyl adjacent to an activating group) is 1. The zero-order valence-corrected chi connectivity index (χ0v) is 13.3. The third kappa shape index (κ3) is 5.21. The predicted octanol–water partition coefficient (Wildman–Crippen LogP) is 4.14. The Bertz CT molecular complexity index is 662. The lowest BCUT2D eigenvalue weighted by Gasteiger charge is -2.18. The Labute approximate surface area is 138 Å². The first-order valence-electron chi connectivity index (χ1n) is 6.97. The lowest BCUT2D eigenvalue weighted by molar-refractivity contribution is -0.129. The topological polar surface area (TPSA) is 29.5 Å². The molecule has 3 nitrogen and oxygen atoms in total. The van der Waals surface area contributed by atoms with Crippen LogP contribution in [0.5, 0.6) is 5.75 Å². The van der Waals surface area contributed by atoms with Crippen LogP contribution in [0.3, 0.4) is 0 Å². The van der Waals surface area contributed by atoms with Gasteiger partial charge in [-0.2, -0.15) is 8.78 Å². The lowest BCUT2D eigenvalue weighted by Crippen LogP contribution is -2.27. The van der Waals surface area contributed by atoms with Crippen LogP contribution in [0, 0.1) is 0 Å². The summed E-state index contributed by atoms with van der Waals surface area (Å²) in [5.74, 6) is -0.0203. The maximum atomic E-state index is 12.2. The Kier molecular flexibility index (Phi) is 5.93. The third-order valence-electron chi connectivity index (χ3n) is 3.29. The van der Waals surface area contributed by atoms with Crippen LogP contribution in [0.2, 0.25) is 5.02 Å². The number of amides is 1. The highest BCUT2D eigenvalue weighted by molar-refractivity contribution is 6.31. The number of carbonyl (C=O) groups is 1. The molecule has 0 unspecified atom stereocenters. The number of hydrogen-bond donors (Lipinski definition) is 0. The van der Waals surface area contributed by atoms with E-state index in [2.05, 4.69) is 4.74 Å². The van der Waals surface area contributed by atoms with Crippen LogP contribution >= 0.6 is 11.6 Å². The number of ether oxygens (including phenoxy) is 1. The van der Waals surface area contributed by atoms with Crippen molar-refractivity contribution in [2.24, 2.45) is 0 Å². The average Bonchev–Trinajstić information content (AvgIpc) is 2.51. The van der Waals surface area contributed by atoms with E-state index in [1.165, 1.54) is 12.1 Å². The minimum Gasteiger partial charge on any atom is -0.435 e. The molecule has 2 aromatic rings. The average molecular weight is 340 g/mol. The molecule has 0 atom stereocenters. The summed E-state index contributed by atoms with van der Waals surface area (Å²) in [4.78, 5) is 13.8. The smallest absolute Gasteiger partial charge is 0.387 e. The van der Waals surface area contributed by atoms with E-state index in [1.807, 2.05) is 18.2 Å². The van der Waals surface area contributed by atoms with Gasteiger partial charge in [0.1, 0.15) is 5.75 Å². The van der Waals surface area contributed by atoms with Crippen molar-refractivity contribution in [1.82, 2.24) is 4.90 Å². The molecule has 0 bridgehead atoms. The second-order valence-corrected chi connectivity index (χ2v) is 5.45. The molecule has 0 heterocycles. The standard InChI is InChI=1S/C17H16ClF2NO2/c1-21(11-13-4-2-3-5-15(13)18)16(22)10-12-6-8-14(9-7-12)23-17(19)20/h2-9,17H,10-11H2,1H3. The fraction of sp³-hybridized carbons (Fsp3) is 0.235. The van der Waals surface area contributed by atoms with Gasteiger partial charge in [0.2, 0.25) is 5.91 Å². The highest BCUT2D eigenvalue weighted by Gasteiger charge is 2.12. The molecule has 0 fully saturated rings. The fourth-order valence-corrected chi connectivity index (χ4v) is 2.26. The largest absolute Gasteiger partial charge is 0.435 e. The van der Waals surface area contributed by atoms with Crippen LogP contribution in [-0.2, 0) is 17.8 Å². The Balaban J connectivity index is 1.94. The molecule has 0 aliphatic carbocycles. The van der Waals surface area contributed by atoms with Gasteiger partial charge in [0, 0.05) is 18.6 Å². The second kappa shape index (κ2) is 7.92. The van der Waals surface area contributed by atoms with Gasteiger partial charge >= 0.3 is 6.61 Å². The first kappa shape index (κ1) is 17.2. The van der Waals surface area contributed by atoms with Gasteiger partial charge in [0.05, 0.1) is 6.42 Å². The second-order valence-electron chi connectivity index (χ2n) is 5.04. The SMILES string of the molecule is CN(Cc1ccccc1Cl)C(=O)Cc1ccc(OC(F)F)cc1. The zero-order valence-electron chi connectivity index (χ0n) is 12.5. The van der Waals surface area contributed by atoms with Crippen LogP contribution in [-0.4, -0.2) is 24.5 Å². The Morgan fingerprint density at radius 3 is 2.43 bits per heavy atom. The van der Waals surface area contributed by atoms with Crippen molar-refractivity contribution < 1.29 is 18.3 Å². The van der Waals surface area contributed by atoms with Crippen molar-refractivity contribution in [1.29, 1.82) is 0 Å². The maximum Gasteiger partial charge on any atom is 0.387 e. The predicted molar refractivity (Wildman–Crippen MR) is 84.7 cm³/mol. The van der Waals surface area contributed by atoms with E-state index in [1.54, 1.807) is 30.1 Å². The van der Waals surface area contributed by atoms with E-state index >= 15 is 0 Å². The molecule has 1 amide bonds. The van der Waals surface area contributed by atoms with Gasteiger partial charge in [-0.25, -0.2) is 0 Å². The Morgan fingerprint density at radius 1 is 1.17 bits per heavy atom. The number of benzene rings is 2. The fourth-order valence-electron chi connectivity index (χ4n) is 2.07. The van der Waals surface area contributed by atoms with Gasteiger partial charge in [-0.15, -0.1) is 0 Å². The van der Waals surface area contributed by atoms with Crippen LogP contribution in [0.25, 0.3) is 0 Å². The minimum absolute atomic E-state index is 0.0700. The van der Waals surface area contributed by atoms with E-state index in [9.17, 15) is 13.6 Å². The Morgan fingerprint density at radius 2 is 1.83 bits per heavy atom. The number of hydrogen-bond acceptors (Lipinski definition) is 2. The molecule has 2 aromatic carbocycles. The summed E-state index contributed by atoms with van der Waals surface area (Å²) in [6, 6.07) is 13.4. The molecule has 6 heteroatoms. The summed E-state index contributed by atoms with van der Waals surface area (Å²) >= 11 is 6.08. The van der Waals surface area contributed by atoms with E-state index in [-0.39, 0.29) is 18.1 Å². The van der Waals surface area contributed by atoms with Crippen molar-refractivity contribution in [2.75, 3.05) is 7.05 Å². The Hall–Kier alpha value is -2.14. The molecule has 0 radical (unpaired) electrons. The number of halogens is 3. The normalized spacial score (nSPS) is 10.7. The molecule has 0 aliphatic rings. The number of nitrogens with zero attached hydrogens (tertiary/aromatic N) is 1. The molecule has 0 N–H and O–H groups in total. The highest BCUT2D eigenvalue weighted by atomic mass is 35.5. The van der Waals surface area contributed by atoms with E-state index in [4.69, 9.17) is 11.6 Å². The van der Waals surface area contributed by atoms with Crippen molar-refractivity contribution in [3.05, 3.63) is 64.7 Å². The van der Waals surface area contributed by atoms with Crippen molar-refractivity contribution in [2.45, 2.75) is 19.6 Å². The van der Waals surface area contributed by atoms with Gasteiger partial charge in [0.15, 0.2) is 0 Å². The van der Waals surface area contributed by atoms with E-state index in [0.717, 1.165) is 11.1 Å². The van der Waals surface area contributed by atoms with Crippen LogP contribution in [0.15, 0.2) is 48.5 Å². The summed E-state index contributed by atoms with van der Waals surface area (Å²) in [7, 11) is 1.69. The molecule has 0 spiro atoms. The first-order chi connectivity index (χ1) is 11.0. The van der Waals surface area contributed by atoms with E-state index < -0.39 is 6.61 Å². The van der Waals surface area contributed by atoms with Crippen LogP contribution in [0.4, 0.5) is 8.78 Å². The van der Waals surface area contributed by atoms with E-state index in [0.29, 0.717) is 11.6 Å². The van der Waals surface area contributed by atoms with Gasteiger partial charge in [-0.05, 0) is 29.3 Å². The van der Waals surface area contributed by atoms with Crippen molar-refractivity contribution >= 4 is 17.5 Å². The minimum atomic E-state index is -2.86. The summed E-state index contributed by atoms with van der Waals surface area (Å²) in [6.45, 7) is -2.45. The monoisotopic (exact) mass is 339 g/mol. The molecular weight excluding hydrogens is 324 g/mol. The summed E-state index contributed by atoms with van der Waals surface area (Å²) in [5.41, 5.74) is 1.59. The van der Waals surface area contributed by atoms with Gasteiger partial charge in [-0.3, -0.25) is 4.79 Å². The molecule has 23 heavy (non-hydrogen) atoms. The molecular formula is C17H16ClF2NO2. The van der Waals surface area contributed by atoms with Gasteiger partial charge in [0.25, 0.3) is 0 Å². The summed E-state index contributed by atoms with van der Waals surface area (Å²) in [5, 5.41) is 0.612. The van der Waals surface area contributed by atoms with Gasteiger partial charge in [-0.1, -0.05) is 41.9 Å². The summed E-state index contributed by atoms with van der Waals surface area (Å²) < 4.78 is 28.4. The maximum absolute atomic E-state index is 12.2. The highest BCUT2D eigenvalue weighted by Crippen LogP contribution is 2.18. The molecule has 2 rings (SSSR count). The lowest BCUT2D eigenvalue weighted by atomic mass is 10.1. The first-order valence-corrected chi connectivity index (χ1v) is 7.34. The van der Waals surface area contributed by atoms with Gasteiger partial charge < -0.3 is 9.64 Å². The molecule has 0 saturated heterocycles. The van der Waals surface area contributed by atoms with Crippen LogP contribution in [0.1, 0.15) is 11.1 Å². The molecule has 122 valence electrons. The number of carbonyl (C=O) groups excluding carboxylic acids is 1. The van der Waals surface area contributed by atoms with Crippen molar-refractivity contribution in [3.63, 3.8) is 0 Å². The third-order valence-corrected chi connectivity index (χ3v) is 3.66. The summed E-state index contributed by atoms with van der Waals surface area (Å²) in [6.07, 6.45) is 0.176. The molecule has 0 saturated carbocycles. The molecule has 0 aromatic heterocycles. The number of rotatable bonds is 6. The van der Waals surface area contributed by atoms with Crippen molar-refractivity contribution in [3.8, 4) is 5.75 Å². The van der Waals surface area contributed by atoms with Crippen LogP contribution < -0.4 is 4.74 Å². The number of alkyl halides is 2. The zero-order chi connectivity index (χ0) is 16.8.